The van der Waals surface area contributed by atoms with Crippen molar-refractivity contribution in [2.75, 3.05) is 13.6 Å². The number of halogens is 3. The summed E-state index contributed by atoms with van der Waals surface area (Å²) in [6.07, 6.45) is 6.97. The number of carbonyl (C=O) groups excluding carboxylic acids is 1. The minimum atomic E-state index is -0.0980. The van der Waals surface area contributed by atoms with Crippen LogP contribution in [0.15, 0.2) is 47.5 Å². The molecule has 0 aliphatic heterocycles. The molecular formula is C25H31Cl3N2O. The van der Waals surface area contributed by atoms with Crippen LogP contribution in [0.5, 0.6) is 0 Å². The molecule has 1 atom stereocenters. The van der Waals surface area contributed by atoms with Crippen molar-refractivity contribution in [1.29, 1.82) is 0 Å². The summed E-state index contributed by atoms with van der Waals surface area (Å²) in [6.45, 7) is 2.87. The number of carbonyl (C=O) groups is 1. The third-order valence-corrected chi connectivity index (χ3v) is 6.20. The summed E-state index contributed by atoms with van der Waals surface area (Å²) in [5.74, 6) is -0.0656. The maximum Gasteiger partial charge on any atom is 0.265 e. The smallest absolute Gasteiger partial charge is 0.265 e. The van der Waals surface area contributed by atoms with E-state index < -0.39 is 0 Å². The van der Waals surface area contributed by atoms with Crippen molar-refractivity contribution in [2.45, 2.75) is 57.8 Å². The largest absolute Gasteiger partial charge is 0.351 e. The van der Waals surface area contributed by atoms with E-state index in [0.29, 0.717) is 40.2 Å². The zero-order chi connectivity index (χ0) is 22.6. The number of benzene rings is 2. The van der Waals surface area contributed by atoms with Crippen LogP contribution in [0.25, 0.3) is 0 Å². The molecule has 0 aliphatic carbocycles. The van der Waals surface area contributed by atoms with Gasteiger partial charge in [-0.05, 0) is 54.2 Å². The highest BCUT2D eigenvalue weighted by atomic mass is 35.5. The lowest BCUT2D eigenvalue weighted by Gasteiger charge is -2.20. The first-order chi connectivity index (χ1) is 14.9. The molecule has 168 valence electrons. The minimum absolute atomic E-state index is 0.0324. The van der Waals surface area contributed by atoms with Crippen molar-refractivity contribution in [3.05, 3.63) is 68.7 Å². The molecule has 0 spiro atoms. The first-order valence-electron chi connectivity index (χ1n) is 10.9. The molecule has 0 heterocycles. The second-order valence-electron chi connectivity index (χ2n) is 7.73. The summed E-state index contributed by atoms with van der Waals surface area (Å²) >= 11 is 18.6. The second kappa shape index (κ2) is 13.8. The molecule has 0 bridgehead atoms. The Kier molecular flexibility index (Phi) is 11.4. The second-order valence-corrected chi connectivity index (χ2v) is 9.01. The molecule has 0 unspecified atom stereocenters. The predicted molar refractivity (Wildman–Crippen MR) is 134 cm³/mol. The van der Waals surface area contributed by atoms with Crippen LogP contribution in [0.2, 0.25) is 15.1 Å². The quantitative estimate of drug-likeness (QED) is 0.247. The van der Waals surface area contributed by atoms with Crippen LogP contribution in [0.3, 0.4) is 0 Å². The van der Waals surface area contributed by atoms with E-state index in [1.54, 1.807) is 13.1 Å². The monoisotopic (exact) mass is 480 g/mol. The summed E-state index contributed by atoms with van der Waals surface area (Å²) in [5.41, 5.74) is 2.61. The highest BCUT2D eigenvalue weighted by molar-refractivity contribution is 6.39. The number of hydrogen-bond donors (Lipinski definition) is 1. The van der Waals surface area contributed by atoms with Gasteiger partial charge in [0.25, 0.3) is 5.91 Å². The van der Waals surface area contributed by atoms with Crippen molar-refractivity contribution < 1.29 is 4.79 Å². The Hall–Kier alpha value is -1.55. The number of amides is 1. The van der Waals surface area contributed by atoms with E-state index in [4.69, 9.17) is 34.8 Å². The molecule has 0 aromatic heterocycles. The highest BCUT2D eigenvalue weighted by Gasteiger charge is 2.21. The first-order valence-corrected chi connectivity index (χ1v) is 12.0. The van der Waals surface area contributed by atoms with Gasteiger partial charge in [0.05, 0.1) is 5.71 Å². The molecule has 0 radical (unpaired) electrons. The lowest BCUT2D eigenvalue weighted by Crippen LogP contribution is -2.33. The molecule has 0 aliphatic rings. The molecule has 0 saturated heterocycles. The summed E-state index contributed by atoms with van der Waals surface area (Å²) in [6, 6.07) is 13.2. The van der Waals surface area contributed by atoms with Gasteiger partial charge in [-0.15, -0.1) is 0 Å². The maximum atomic E-state index is 12.7. The number of rotatable bonds is 12. The molecule has 2 aromatic carbocycles. The van der Waals surface area contributed by atoms with Crippen LogP contribution in [0.4, 0.5) is 0 Å². The molecule has 3 nitrogen and oxygen atoms in total. The van der Waals surface area contributed by atoms with Crippen molar-refractivity contribution >= 4 is 46.4 Å². The predicted octanol–water partition coefficient (Wildman–Crippen LogP) is 7.52. The standard InChI is InChI=1S/C25H31Cl3N2O/c1-3-4-5-6-7-14-30-25(31)24(29-2)16-20(18-8-11-21(26)12-9-18)15-19-10-13-22(27)17-23(19)28/h8-13,17,20H,3-7,14-16H2,1-2H3,(H,30,31)/b29-24+/t20-/m1/s1. The number of nitrogens with one attached hydrogen (secondary N) is 1. The van der Waals surface area contributed by atoms with Crippen LogP contribution < -0.4 is 5.32 Å². The van der Waals surface area contributed by atoms with Gasteiger partial charge in [-0.2, -0.15) is 0 Å². The number of unbranched alkanes of at least 4 members (excludes halogenated alkanes) is 4. The van der Waals surface area contributed by atoms with Crippen molar-refractivity contribution in [3.8, 4) is 0 Å². The highest BCUT2D eigenvalue weighted by Crippen LogP contribution is 2.30. The fourth-order valence-electron chi connectivity index (χ4n) is 3.55. The zero-order valence-electron chi connectivity index (χ0n) is 18.3. The number of aliphatic imine (C=N–C) groups is 1. The molecule has 1 amide bonds. The lowest BCUT2D eigenvalue weighted by atomic mass is 9.87. The molecular weight excluding hydrogens is 451 g/mol. The summed E-state index contributed by atoms with van der Waals surface area (Å²) in [5, 5.41) is 4.93. The van der Waals surface area contributed by atoms with Crippen LogP contribution in [0, 0.1) is 0 Å². The fourth-order valence-corrected chi connectivity index (χ4v) is 4.16. The third kappa shape index (κ3) is 8.84. The average Bonchev–Trinajstić information content (AvgIpc) is 2.75. The number of nitrogens with zero attached hydrogens (tertiary/aromatic N) is 1. The zero-order valence-corrected chi connectivity index (χ0v) is 20.5. The summed E-state index contributed by atoms with van der Waals surface area (Å²) in [7, 11) is 1.67. The van der Waals surface area contributed by atoms with Crippen LogP contribution in [-0.4, -0.2) is 25.2 Å². The van der Waals surface area contributed by atoms with E-state index in [0.717, 1.165) is 24.0 Å². The van der Waals surface area contributed by atoms with Gasteiger partial charge in [0.1, 0.15) is 0 Å². The van der Waals surface area contributed by atoms with E-state index in [1.807, 2.05) is 36.4 Å². The Morgan fingerprint density at radius 3 is 2.29 bits per heavy atom. The topological polar surface area (TPSA) is 41.5 Å². The van der Waals surface area contributed by atoms with Gasteiger partial charge in [0, 0.05) is 35.1 Å². The lowest BCUT2D eigenvalue weighted by molar-refractivity contribution is -0.114. The fraction of sp³-hybridized carbons (Fsp3) is 0.440. The Bertz CT molecular complexity index is 866. The number of hydrogen-bond acceptors (Lipinski definition) is 2. The van der Waals surface area contributed by atoms with E-state index in [9.17, 15) is 4.79 Å². The molecule has 0 fully saturated rings. The van der Waals surface area contributed by atoms with Gasteiger partial charge in [-0.3, -0.25) is 9.79 Å². The van der Waals surface area contributed by atoms with Gasteiger partial charge < -0.3 is 5.32 Å². The normalized spacial score (nSPS) is 12.6. The molecule has 6 heteroatoms. The Labute approximate surface area is 201 Å². The Morgan fingerprint density at radius 2 is 1.65 bits per heavy atom. The molecule has 1 N–H and O–H groups in total. The van der Waals surface area contributed by atoms with Crippen LogP contribution in [0.1, 0.15) is 62.5 Å². The van der Waals surface area contributed by atoms with Gasteiger partial charge >= 0.3 is 0 Å². The summed E-state index contributed by atoms with van der Waals surface area (Å²) in [4.78, 5) is 17.0. The van der Waals surface area contributed by atoms with Crippen molar-refractivity contribution in [1.82, 2.24) is 5.32 Å². The SMILES string of the molecule is CCCCCCCNC(=O)/C(C[C@@H](Cc1ccc(Cl)cc1Cl)c1ccc(Cl)cc1)=N/C. The van der Waals surface area contributed by atoms with E-state index in [2.05, 4.69) is 17.2 Å². The van der Waals surface area contributed by atoms with E-state index in [-0.39, 0.29) is 11.8 Å². The van der Waals surface area contributed by atoms with Crippen molar-refractivity contribution in [3.63, 3.8) is 0 Å². The average molecular weight is 482 g/mol. The first kappa shape index (κ1) is 25.7. The Balaban J connectivity index is 2.09. The van der Waals surface area contributed by atoms with Gasteiger partial charge in [-0.1, -0.05) is 85.6 Å². The van der Waals surface area contributed by atoms with Gasteiger partial charge in [-0.25, -0.2) is 0 Å². The molecule has 2 rings (SSSR count). The van der Waals surface area contributed by atoms with Crippen LogP contribution >= 0.6 is 34.8 Å². The minimum Gasteiger partial charge on any atom is -0.351 e. The Morgan fingerprint density at radius 1 is 0.968 bits per heavy atom. The molecule has 2 aromatic rings. The van der Waals surface area contributed by atoms with Gasteiger partial charge in [0.15, 0.2) is 0 Å². The molecule has 31 heavy (non-hydrogen) atoms. The van der Waals surface area contributed by atoms with E-state index in [1.165, 1.54) is 19.3 Å². The summed E-state index contributed by atoms with van der Waals surface area (Å²) < 4.78 is 0. The maximum absolute atomic E-state index is 12.7. The van der Waals surface area contributed by atoms with E-state index >= 15 is 0 Å². The van der Waals surface area contributed by atoms with Crippen molar-refractivity contribution in [2.24, 2.45) is 4.99 Å². The van der Waals surface area contributed by atoms with Gasteiger partial charge in [0.2, 0.25) is 0 Å². The molecule has 0 saturated carbocycles. The van der Waals surface area contributed by atoms with Crippen LogP contribution in [-0.2, 0) is 11.2 Å². The third-order valence-electron chi connectivity index (χ3n) is 5.36.